The molecule has 15 heavy (non-hydrogen) atoms. The summed E-state index contributed by atoms with van der Waals surface area (Å²) in [4.78, 5) is 4.03. The maximum Gasteiger partial charge on any atom is 0.156 e. The molecule has 1 atom stereocenters. The Morgan fingerprint density at radius 1 is 1.67 bits per heavy atom. The molecule has 0 bridgehead atoms. The van der Waals surface area contributed by atoms with Crippen LogP contribution in [0.25, 0.3) is 5.65 Å². The Labute approximate surface area is 91.1 Å². The van der Waals surface area contributed by atoms with Gasteiger partial charge in [0.2, 0.25) is 0 Å². The minimum Gasteiger partial charge on any atom is -0.387 e. The zero-order valence-electron chi connectivity index (χ0n) is 8.11. The van der Waals surface area contributed by atoms with E-state index in [0.29, 0.717) is 17.8 Å². The number of halogens is 2. The summed E-state index contributed by atoms with van der Waals surface area (Å²) < 4.78 is 14.6. The van der Waals surface area contributed by atoms with E-state index in [1.165, 1.54) is 22.9 Å². The second-order valence-corrected chi connectivity index (χ2v) is 3.71. The quantitative estimate of drug-likeness (QED) is 0.858. The van der Waals surface area contributed by atoms with Crippen LogP contribution in [0.4, 0.5) is 4.39 Å². The number of hydrogen-bond donors (Lipinski definition) is 1. The molecule has 0 aliphatic carbocycles. The molecule has 0 aliphatic rings. The van der Waals surface area contributed by atoms with Crippen molar-refractivity contribution in [1.29, 1.82) is 0 Å². The summed E-state index contributed by atoms with van der Waals surface area (Å²) in [7, 11) is 0. The highest BCUT2D eigenvalue weighted by molar-refractivity contribution is 6.33. The summed E-state index contributed by atoms with van der Waals surface area (Å²) >= 11 is 5.82. The summed E-state index contributed by atoms with van der Waals surface area (Å²) in [5, 5.41) is 9.91. The van der Waals surface area contributed by atoms with Crippen LogP contribution in [0.1, 0.15) is 25.1 Å². The molecule has 5 heteroatoms. The number of hydrogen-bond acceptors (Lipinski definition) is 2. The summed E-state index contributed by atoms with van der Waals surface area (Å²) in [6, 6.07) is 1.20. The lowest BCUT2D eigenvalue weighted by Gasteiger charge is -2.07. The lowest BCUT2D eigenvalue weighted by molar-refractivity contribution is 0.168. The van der Waals surface area contributed by atoms with Crippen molar-refractivity contribution in [2.75, 3.05) is 0 Å². The van der Waals surface area contributed by atoms with Gasteiger partial charge in [-0.05, 0) is 12.5 Å². The third-order valence-corrected chi connectivity index (χ3v) is 2.56. The number of imidazole rings is 1. The highest BCUT2D eigenvalue weighted by Gasteiger charge is 2.13. The van der Waals surface area contributed by atoms with E-state index in [-0.39, 0.29) is 5.02 Å². The van der Waals surface area contributed by atoms with Gasteiger partial charge in [-0.1, -0.05) is 18.5 Å². The van der Waals surface area contributed by atoms with Crippen molar-refractivity contribution in [1.82, 2.24) is 9.38 Å². The average molecular weight is 229 g/mol. The number of aliphatic hydroxyl groups excluding tert-OH is 1. The van der Waals surface area contributed by atoms with Gasteiger partial charge in [-0.25, -0.2) is 9.37 Å². The molecule has 0 saturated carbocycles. The Balaban J connectivity index is 2.68. The number of pyridine rings is 1. The molecule has 2 rings (SSSR count). The fourth-order valence-electron chi connectivity index (χ4n) is 1.49. The van der Waals surface area contributed by atoms with Crippen LogP contribution in [-0.2, 0) is 0 Å². The van der Waals surface area contributed by atoms with Crippen molar-refractivity contribution in [2.45, 2.75) is 19.4 Å². The number of aromatic nitrogens is 2. The van der Waals surface area contributed by atoms with Gasteiger partial charge < -0.3 is 5.11 Å². The van der Waals surface area contributed by atoms with Crippen LogP contribution in [0.3, 0.4) is 0 Å². The normalized spacial score (nSPS) is 13.3. The maximum absolute atomic E-state index is 13.1. The Bertz CT molecular complexity index is 497. The predicted octanol–water partition coefficient (Wildman–Crippen LogP) is 2.57. The topological polar surface area (TPSA) is 37.5 Å². The molecule has 0 radical (unpaired) electrons. The summed E-state index contributed by atoms with van der Waals surface area (Å²) in [6.07, 6.45) is 2.66. The molecule has 2 aromatic heterocycles. The van der Waals surface area contributed by atoms with Gasteiger partial charge in [0, 0.05) is 6.20 Å². The number of fused-ring (bicyclic) bond motifs is 1. The van der Waals surface area contributed by atoms with Crippen LogP contribution in [0.2, 0.25) is 5.02 Å². The monoisotopic (exact) mass is 228 g/mol. The first-order chi connectivity index (χ1) is 7.13. The van der Waals surface area contributed by atoms with Crippen molar-refractivity contribution in [2.24, 2.45) is 0 Å². The highest BCUT2D eigenvalue weighted by Crippen LogP contribution is 2.23. The predicted molar refractivity (Wildman–Crippen MR) is 55.4 cm³/mol. The van der Waals surface area contributed by atoms with Gasteiger partial charge in [-0.3, -0.25) is 4.40 Å². The molecule has 0 aromatic carbocycles. The van der Waals surface area contributed by atoms with Gasteiger partial charge in [0.15, 0.2) is 5.65 Å². The first-order valence-corrected chi connectivity index (χ1v) is 5.01. The van der Waals surface area contributed by atoms with Crippen LogP contribution in [-0.4, -0.2) is 14.5 Å². The van der Waals surface area contributed by atoms with Gasteiger partial charge in [0.05, 0.1) is 23.0 Å². The van der Waals surface area contributed by atoms with Gasteiger partial charge >= 0.3 is 0 Å². The van der Waals surface area contributed by atoms with E-state index in [1.807, 2.05) is 6.92 Å². The fraction of sp³-hybridized carbons (Fsp3) is 0.300. The zero-order valence-corrected chi connectivity index (χ0v) is 8.87. The lowest BCUT2D eigenvalue weighted by Crippen LogP contribution is -2.00. The molecular weight excluding hydrogens is 219 g/mol. The van der Waals surface area contributed by atoms with E-state index in [9.17, 15) is 9.50 Å². The van der Waals surface area contributed by atoms with Crippen LogP contribution in [0.5, 0.6) is 0 Å². The van der Waals surface area contributed by atoms with E-state index in [4.69, 9.17) is 11.6 Å². The summed E-state index contributed by atoms with van der Waals surface area (Å²) in [5.41, 5.74) is 1.01. The van der Waals surface area contributed by atoms with Crippen molar-refractivity contribution < 1.29 is 9.50 Å². The molecule has 0 fully saturated rings. The standard InChI is InChI=1S/C10H10ClFN2O/c1-2-9(15)8-4-13-10-7(11)3-6(12)5-14(8)10/h3-5,9,15H,2H2,1H3. The van der Waals surface area contributed by atoms with Crippen molar-refractivity contribution in [3.63, 3.8) is 0 Å². The molecule has 3 nitrogen and oxygen atoms in total. The van der Waals surface area contributed by atoms with Crippen LogP contribution >= 0.6 is 11.6 Å². The number of nitrogens with zero attached hydrogens (tertiary/aromatic N) is 2. The Morgan fingerprint density at radius 2 is 2.40 bits per heavy atom. The molecule has 0 saturated heterocycles. The molecule has 2 heterocycles. The molecular formula is C10H10ClFN2O. The molecule has 0 amide bonds. The average Bonchev–Trinajstić information content (AvgIpc) is 2.60. The Kier molecular flexibility index (Phi) is 2.63. The summed E-state index contributed by atoms with van der Waals surface area (Å²) in [5.74, 6) is -0.449. The molecule has 1 N–H and O–H groups in total. The van der Waals surface area contributed by atoms with E-state index >= 15 is 0 Å². The first kappa shape index (κ1) is 10.4. The lowest BCUT2D eigenvalue weighted by atomic mass is 10.2. The van der Waals surface area contributed by atoms with Crippen molar-refractivity contribution >= 4 is 17.2 Å². The van der Waals surface area contributed by atoms with Crippen LogP contribution < -0.4 is 0 Å². The second kappa shape index (κ2) is 3.79. The van der Waals surface area contributed by atoms with E-state index in [0.717, 1.165) is 0 Å². The minimum atomic E-state index is -0.655. The van der Waals surface area contributed by atoms with Crippen LogP contribution in [0, 0.1) is 5.82 Å². The van der Waals surface area contributed by atoms with E-state index < -0.39 is 11.9 Å². The summed E-state index contributed by atoms with van der Waals surface area (Å²) in [6.45, 7) is 1.84. The van der Waals surface area contributed by atoms with Gasteiger partial charge in [0.1, 0.15) is 5.82 Å². The molecule has 80 valence electrons. The molecule has 0 aliphatic heterocycles. The second-order valence-electron chi connectivity index (χ2n) is 3.31. The fourth-order valence-corrected chi connectivity index (χ4v) is 1.73. The van der Waals surface area contributed by atoms with E-state index in [2.05, 4.69) is 4.98 Å². The maximum atomic E-state index is 13.1. The largest absolute Gasteiger partial charge is 0.387 e. The number of aliphatic hydroxyl groups is 1. The SMILES string of the molecule is CCC(O)c1cnc2c(Cl)cc(F)cn12. The van der Waals surface area contributed by atoms with Gasteiger partial charge in [-0.2, -0.15) is 0 Å². The molecule has 1 unspecified atom stereocenters. The Morgan fingerprint density at radius 3 is 3.07 bits per heavy atom. The van der Waals surface area contributed by atoms with Gasteiger partial charge in [0.25, 0.3) is 0 Å². The van der Waals surface area contributed by atoms with Crippen molar-refractivity contribution in [3.8, 4) is 0 Å². The first-order valence-electron chi connectivity index (χ1n) is 4.63. The smallest absolute Gasteiger partial charge is 0.156 e. The van der Waals surface area contributed by atoms with E-state index in [1.54, 1.807) is 0 Å². The number of rotatable bonds is 2. The zero-order chi connectivity index (χ0) is 11.0. The molecule has 2 aromatic rings. The van der Waals surface area contributed by atoms with Crippen LogP contribution in [0.15, 0.2) is 18.5 Å². The highest BCUT2D eigenvalue weighted by atomic mass is 35.5. The Hall–Kier alpha value is -1.13. The van der Waals surface area contributed by atoms with Gasteiger partial charge in [-0.15, -0.1) is 0 Å². The van der Waals surface area contributed by atoms with Crippen molar-refractivity contribution in [3.05, 3.63) is 35.0 Å². The molecule has 0 spiro atoms. The third-order valence-electron chi connectivity index (χ3n) is 2.28. The minimum absolute atomic E-state index is 0.240. The third kappa shape index (κ3) is 1.70.